The first-order valence-electron chi connectivity index (χ1n) is 10.4. The minimum Gasteiger partial charge on any atom is -0.463 e. The fourth-order valence-corrected chi connectivity index (χ4v) is 5.11. The third-order valence-corrected chi connectivity index (χ3v) is 6.66. The van der Waals surface area contributed by atoms with Crippen molar-refractivity contribution in [2.24, 2.45) is 11.8 Å². The van der Waals surface area contributed by atoms with Crippen LogP contribution in [0.3, 0.4) is 0 Å². The van der Waals surface area contributed by atoms with E-state index in [2.05, 4.69) is 20.3 Å². The van der Waals surface area contributed by atoms with E-state index >= 15 is 0 Å². The molecule has 4 aromatic heterocycles. The maximum Gasteiger partial charge on any atom is 0.166 e. The van der Waals surface area contributed by atoms with E-state index in [1.165, 1.54) is 38.3 Å². The normalized spacial score (nSPS) is 23.2. The van der Waals surface area contributed by atoms with E-state index < -0.39 is 0 Å². The van der Waals surface area contributed by atoms with E-state index in [-0.39, 0.29) is 0 Å². The first-order valence-corrected chi connectivity index (χ1v) is 10.8. The standard InChI is InChI=1S/C22H21ClN6O/c23-18-11-25-22-20(28-18)14(10-24-22)21-27-16(17-2-1-7-30-17)9-19(29-21)26-15-8-12-3-5-13(15)6-4-12/h1-2,7,9-13,15H,3-6,8H2,(H,24,25)(H,26,27,29)/t12?,13?,15-/m0/s1. The number of furan rings is 1. The molecule has 2 N–H and O–H groups in total. The molecule has 0 aliphatic heterocycles. The van der Waals surface area contributed by atoms with E-state index in [9.17, 15) is 0 Å². The summed E-state index contributed by atoms with van der Waals surface area (Å²) >= 11 is 6.09. The maximum absolute atomic E-state index is 6.09. The molecule has 0 aromatic carbocycles. The molecule has 7 nitrogen and oxygen atoms in total. The number of rotatable bonds is 4. The lowest BCUT2D eigenvalue weighted by atomic mass is 9.68. The number of halogens is 1. The Morgan fingerprint density at radius 2 is 2.03 bits per heavy atom. The van der Waals surface area contributed by atoms with Gasteiger partial charge in [-0.2, -0.15) is 0 Å². The van der Waals surface area contributed by atoms with Crippen molar-refractivity contribution in [3.05, 3.63) is 42.0 Å². The quantitative estimate of drug-likeness (QED) is 0.464. The van der Waals surface area contributed by atoms with Crippen LogP contribution in [0.4, 0.5) is 5.82 Å². The van der Waals surface area contributed by atoms with Crippen LogP contribution in [-0.4, -0.2) is 31.0 Å². The molecule has 0 spiro atoms. The van der Waals surface area contributed by atoms with Crippen LogP contribution < -0.4 is 5.32 Å². The monoisotopic (exact) mass is 420 g/mol. The summed E-state index contributed by atoms with van der Waals surface area (Å²) in [5, 5.41) is 4.05. The van der Waals surface area contributed by atoms with E-state index in [1.807, 2.05) is 24.4 Å². The van der Waals surface area contributed by atoms with Gasteiger partial charge in [-0.3, -0.25) is 0 Å². The van der Waals surface area contributed by atoms with Gasteiger partial charge in [0.1, 0.15) is 22.2 Å². The van der Waals surface area contributed by atoms with Crippen LogP contribution in [0.2, 0.25) is 5.15 Å². The van der Waals surface area contributed by atoms with Crippen LogP contribution in [0.25, 0.3) is 34.0 Å². The summed E-state index contributed by atoms with van der Waals surface area (Å²) in [4.78, 5) is 21.5. The van der Waals surface area contributed by atoms with E-state index in [4.69, 9.17) is 26.0 Å². The fraction of sp³-hybridized carbons (Fsp3) is 0.364. The van der Waals surface area contributed by atoms with Crippen molar-refractivity contribution in [1.82, 2.24) is 24.9 Å². The van der Waals surface area contributed by atoms with Crippen molar-refractivity contribution < 1.29 is 4.42 Å². The highest BCUT2D eigenvalue weighted by atomic mass is 35.5. The van der Waals surface area contributed by atoms with E-state index in [0.717, 1.165) is 28.9 Å². The summed E-state index contributed by atoms with van der Waals surface area (Å²) in [5.41, 5.74) is 2.81. The number of fused-ring (bicyclic) bond motifs is 4. The highest BCUT2D eigenvalue weighted by Crippen LogP contribution is 2.42. The van der Waals surface area contributed by atoms with Gasteiger partial charge in [-0.25, -0.2) is 19.9 Å². The van der Waals surface area contributed by atoms with Gasteiger partial charge in [-0.1, -0.05) is 24.4 Å². The molecule has 7 rings (SSSR count). The van der Waals surface area contributed by atoms with Crippen molar-refractivity contribution >= 4 is 28.6 Å². The molecule has 4 heterocycles. The van der Waals surface area contributed by atoms with Gasteiger partial charge in [-0.05, 0) is 43.2 Å². The summed E-state index contributed by atoms with van der Waals surface area (Å²) in [5.74, 6) is 3.64. The molecule has 8 heteroatoms. The highest BCUT2D eigenvalue weighted by molar-refractivity contribution is 6.29. The van der Waals surface area contributed by atoms with Crippen molar-refractivity contribution in [1.29, 1.82) is 0 Å². The number of H-pyrrole nitrogens is 1. The molecule has 0 saturated heterocycles. The van der Waals surface area contributed by atoms with Crippen LogP contribution in [0.15, 0.2) is 41.3 Å². The average molecular weight is 421 g/mol. The molecule has 0 amide bonds. The molecule has 30 heavy (non-hydrogen) atoms. The van der Waals surface area contributed by atoms with Crippen LogP contribution in [0, 0.1) is 11.8 Å². The Bertz CT molecular complexity index is 1200. The summed E-state index contributed by atoms with van der Waals surface area (Å²) in [6.45, 7) is 0. The predicted molar refractivity (Wildman–Crippen MR) is 115 cm³/mol. The van der Waals surface area contributed by atoms with Gasteiger partial charge >= 0.3 is 0 Å². The SMILES string of the molecule is Clc1cnc2[nH]cc(-c3nc(N[C@H]4CC5CCC4CC5)cc(-c4ccco4)n3)c2n1. The lowest BCUT2D eigenvalue weighted by Crippen LogP contribution is -2.40. The van der Waals surface area contributed by atoms with Gasteiger partial charge in [0.05, 0.1) is 18.0 Å². The second-order valence-corrected chi connectivity index (χ2v) is 8.69. The van der Waals surface area contributed by atoms with Crippen molar-refractivity contribution in [3.8, 4) is 22.8 Å². The zero-order valence-corrected chi connectivity index (χ0v) is 17.1. The Hall–Kier alpha value is -2.93. The molecular weight excluding hydrogens is 400 g/mol. The number of hydrogen-bond acceptors (Lipinski definition) is 6. The third kappa shape index (κ3) is 3.13. The van der Waals surface area contributed by atoms with Crippen LogP contribution >= 0.6 is 11.6 Å². The summed E-state index contributed by atoms with van der Waals surface area (Å²) in [6, 6.07) is 6.20. The zero-order valence-electron chi connectivity index (χ0n) is 16.3. The number of anilines is 1. The fourth-order valence-electron chi connectivity index (χ4n) is 4.98. The lowest BCUT2D eigenvalue weighted by molar-refractivity contribution is 0.157. The first kappa shape index (κ1) is 17.9. The number of nitrogens with zero attached hydrogens (tertiary/aromatic N) is 4. The Balaban J connectivity index is 1.43. The molecule has 4 aromatic rings. The molecule has 3 aliphatic rings. The summed E-state index contributed by atoms with van der Waals surface area (Å²) in [7, 11) is 0. The molecule has 3 aliphatic carbocycles. The van der Waals surface area contributed by atoms with Gasteiger partial charge in [0.25, 0.3) is 0 Å². The molecule has 152 valence electrons. The predicted octanol–water partition coefficient (Wildman–Crippen LogP) is 5.32. The largest absolute Gasteiger partial charge is 0.463 e. The minimum absolute atomic E-state index is 0.335. The van der Waals surface area contributed by atoms with Gasteiger partial charge in [-0.15, -0.1) is 0 Å². The van der Waals surface area contributed by atoms with Crippen molar-refractivity contribution in [2.45, 2.75) is 38.1 Å². The van der Waals surface area contributed by atoms with Crippen LogP contribution in [0.1, 0.15) is 32.1 Å². The Morgan fingerprint density at radius 3 is 2.80 bits per heavy atom. The minimum atomic E-state index is 0.335. The summed E-state index contributed by atoms with van der Waals surface area (Å²) in [6.07, 6.45) is 11.6. The molecule has 0 unspecified atom stereocenters. The Morgan fingerprint density at radius 1 is 1.13 bits per heavy atom. The average Bonchev–Trinajstić information content (AvgIpc) is 3.44. The summed E-state index contributed by atoms with van der Waals surface area (Å²) < 4.78 is 5.62. The van der Waals surface area contributed by atoms with Crippen molar-refractivity contribution in [3.63, 3.8) is 0 Å². The highest BCUT2D eigenvalue weighted by Gasteiger charge is 2.35. The van der Waals surface area contributed by atoms with Crippen LogP contribution in [0.5, 0.6) is 0 Å². The third-order valence-electron chi connectivity index (χ3n) is 6.47. The number of nitrogens with one attached hydrogen (secondary N) is 2. The first-order chi connectivity index (χ1) is 14.7. The topological polar surface area (TPSA) is 92.5 Å². The molecule has 0 radical (unpaired) electrons. The maximum atomic E-state index is 6.09. The van der Waals surface area contributed by atoms with E-state index in [1.54, 1.807) is 6.26 Å². The second-order valence-electron chi connectivity index (χ2n) is 8.30. The molecule has 3 saturated carbocycles. The molecular formula is C22H21ClN6O. The zero-order chi connectivity index (χ0) is 20.1. The molecule has 2 bridgehead atoms. The van der Waals surface area contributed by atoms with Crippen molar-refractivity contribution in [2.75, 3.05) is 5.32 Å². The smallest absolute Gasteiger partial charge is 0.166 e. The van der Waals surface area contributed by atoms with Gasteiger partial charge in [0, 0.05) is 18.3 Å². The van der Waals surface area contributed by atoms with Gasteiger partial charge in [0.15, 0.2) is 17.2 Å². The van der Waals surface area contributed by atoms with Gasteiger partial charge < -0.3 is 14.7 Å². The lowest BCUT2D eigenvalue weighted by Gasteiger charge is -2.42. The Labute approximate surface area is 178 Å². The number of hydrogen-bond donors (Lipinski definition) is 2. The number of aromatic nitrogens is 5. The molecule has 1 atom stereocenters. The Kier molecular flexibility index (Phi) is 4.23. The van der Waals surface area contributed by atoms with Gasteiger partial charge in [0.2, 0.25) is 0 Å². The van der Waals surface area contributed by atoms with Crippen LogP contribution in [-0.2, 0) is 0 Å². The number of aromatic amines is 1. The molecule has 3 fully saturated rings. The van der Waals surface area contributed by atoms with E-state index in [0.29, 0.717) is 33.9 Å². The second kappa shape index (κ2) is 7.09.